The summed E-state index contributed by atoms with van der Waals surface area (Å²) in [6.07, 6.45) is 1.45. The van der Waals surface area contributed by atoms with Crippen LogP contribution in [0.15, 0.2) is 18.3 Å². The van der Waals surface area contributed by atoms with Crippen LogP contribution in [0.4, 0.5) is 0 Å². The van der Waals surface area contributed by atoms with Crippen LogP contribution in [0, 0.1) is 0 Å². The second-order valence-electron chi connectivity index (χ2n) is 4.58. The molecule has 94 valence electrons. The first kappa shape index (κ1) is 13.4. The van der Waals surface area contributed by atoms with E-state index in [0.29, 0.717) is 11.4 Å². The van der Waals surface area contributed by atoms with E-state index in [2.05, 4.69) is 10.3 Å². The number of aliphatic hydroxyl groups excluding tert-OH is 1. The standard InChI is InChI=1S/C12H18N2O3/c1-12(2,3)17-10-5-4-9(8-14-10)11(16)13-6-7-15/h4-5,8,15H,6-7H2,1-3H3,(H,13,16). The molecule has 1 amide bonds. The molecule has 1 heterocycles. The van der Waals surface area contributed by atoms with Crippen molar-refractivity contribution in [1.29, 1.82) is 0 Å². The lowest BCUT2D eigenvalue weighted by atomic mass is 10.2. The fourth-order valence-corrected chi connectivity index (χ4v) is 1.16. The van der Waals surface area contributed by atoms with Crippen molar-refractivity contribution in [3.8, 4) is 5.88 Å². The molecule has 0 spiro atoms. The first-order valence-corrected chi connectivity index (χ1v) is 5.46. The van der Waals surface area contributed by atoms with Crippen molar-refractivity contribution in [3.05, 3.63) is 23.9 Å². The van der Waals surface area contributed by atoms with Crippen LogP contribution in [-0.2, 0) is 0 Å². The zero-order chi connectivity index (χ0) is 12.9. The van der Waals surface area contributed by atoms with Gasteiger partial charge < -0.3 is 15.2 Å². The lowest BCUT2D eigenvalue weighted by Gasteiger charge is -2.20. The first-order valence-electron chi connectivity index (χ1n) is 5.46. The molecule has 1 aromatic rings. The summed E-state index contributed by atoms with van der Waals surface area (Å²) in [7, 11) is 0. The molecule has 0 saturated carbocycles. The van der Waals surface area contributed by atoms with Gasteiger partial charge in [-0.15, -0.1) is 0 Å². The zero-order valence-electron chi connectivity index (χ0n) is 10.4. The summed E-state index contributed by atoms with van der Waals surface area (Å²) in [5.41, 5.74) is 0.132. The van der Waals surface area contributed by atoms with Crippen LogP contribution in [0.5, 0.6) is 5.88 Å². The number of carbonyl (C=O) groups is 1. The lowest BCUT2D eigenvalue weighted by Crippen LogP contribution is -2.26. The predicted octanol–water partition coefficient (Wildman–Crippen LogP) is 0.981. The van der Waals surface area contributed by atoms with Gasteiger partial charge in [-0.05, 0) is 26.8 Å². The highest BCUT2D eigenvalue weighted by Gasteiger charge is 2.13. The molecular weight excluding hydrogens is 220 g/mol. The summed E-state index contributed by atoms with van der Waals surface area (Å²) in [5.74, 6) is 0.227. The van der Waals surface area contributed by atoms with Gasteiger partial charge >= 0.3 is 0 Å². The van der Waals surface area contributed by atoms with Crippen LogP contribution in [0.2, 0.25) is 0 Å². The minimum Gasteiger partial charge on any atom is -0.472 e. The van der Waals surface area contributed by atoms with Gasteiger partial charge in [0.2, 0.25) is 5.88 Å². The molecule has 17 heavy (non-hydrogen) atoms. The number of hydrogen-bond acceptors (Lipinski definition) is 4. The van der Waals surface area contributed by atoms with Crippen LogP contribution in [0.25, 0.3) is 0 Å². The van der Waals surface area contributed by atoms with Crippen molar-refractivity contribution in [3.63, 3.8) is 0 Å². The number of aromatic nitrogens is 1. The molecule has 0 radical (unpaired) electrons. The second-order valence-corrected chi connectivity index (χ2v) is 4.58. The van der Waals surface area contributed by atoms with Gasteiger partial charge in [0.15, 0.2) is 0 Å². The Morgan fingerprint density at radius 3 is 2.65 bits per heavy atom. The van der Waals surface area contributed by atoms with Crippen LogP contribution in [-0.4, -0.2) is 34.8 Å². The molecule has 5 heteroatoms. The van der Waals surface area contributed by atoms with E-state index in [9.17, 15) is 4.79 Å². The molecule has 5 nitrogen and oxygen atoms in total. The van der Waals surface area contributed by atoms with Gasteiger partial charge in [-0.25, -0.2) is 4.98 Å². The number of rotatable bonds is 4. The number of hydrogen-bond donors (Lipinski definition) is 2. The van der Waals surface area contributed by atoms with Crippen molar-refractivity contribution >= 4 is 5.91 Å². The first-order chi connectivity index (χ1) is 7.92. The summed E-state index contributed by atoms with van der Waals surface area (Å²) in [6, 6.07) is 3.29. The molecular formula is C12H18N2O3. The third kappa shape index (κ3) is 4.82. The van der Waals surface area contributed by atoms with E-state index < -0.39 is 0 Å². The molecule has 0 unspecified atom stereocenters. The van der Waals surface area contributed by atoms with E-state index in [0.717, 1.165) is 0 Å². The fourth-order valence-electron chi connectivity index (χ4n) is 1.16. The van der Waals surface area contributed by atoms with E-state index in [1.807, 2.05) is 20.8 Å². The monoisotopic (exact) mass is 238 g/mol. The smallest absolute Gasteiger partial charge is 0.252 e. The van der Waals surface area contributed by atoms with Crippen LogP contribution in [0.3, 0.4) is 0 Å². The molecule has 0 aliphatic rings. The number of nitrogens with zero attached hydrogens (tertiary/aromatic N) is 1. The Bertz CT molecular complexity index is 368. The third-order valence-corrected chi connectivity index (χ3v) is 1.81. The Kier molecular flexibility index (Phi) is 4.45. The topological polar surface area (TPSA) is 71.5 Å². The molecule has 1 aromatic heterocycles. The number of amides is 1. The van der Waals surface area contributed by atoms with E-state index in [1.54, 1.807) is 12.1 Å². The van der Waals surface area contributed by atoms with Crippen molar-refractivity contribution < 1.29 is 14.6 Å². The van der Waals surface area contributed by atoms with Crippen molar-refractivity contribution in [1.82, 2.24) is 10.3 Å². The summed E-state index contributed by atoms with van der Waals surface area (Å²) < 4.78 is 5.53. The van der Waals surface area contributed by atoms with E-state index in [1.165, 1.54) is 6.20 Å². The minimum atomic E-state index is -0.312. The number of nitrogens with one attached hydrogen (secondary N) is 1. The van der Waals surface area contributed by atoms with E-state index in [4.69, 9.17) is 9.84 Å². The zero-order valence-corrected chi connectivity index (χ0v) is 10.4. The Balaban J connectivity index is 2.64. The highest BCUT2D eigenvalue weighted by molar-refractivity contribution is 5.93. The Morgan fingerprint density at radius 1 is 1.47 bits per heavy atom. The summed E-state index contributed by atoms with van der Waals surface area (Å²) in [6.45, 7) is 5.94. The maximum Gasteiger partial charge on any atom is 0.252 e. The van der Waals surface area contributed by atoms with Gasteiger partial charge in [0.25, 0.3) is 5.91 Å². The van der Waals surface area contributed by atoms with Crippen molar-refractivity contribution in [2.75, 3.05) is 13.2 Å². The van der Waals surface area contributed by atoms with Crippen molar-refractivity contribution in [2.24, 2.45) is 0 Å². The van der Waals surface area contributed by atoms with Gasteiger partial charge in [0, 0.05) is 18.8 Å². The maximum absolute atomic E-state index is 11.5. The van der Waals surface area contributed by atoms with Crippen LogP contribution < -0.4 is 10.1 Å². The molecule has 0 saturated heterocycles. The SMILES string of the molecule is CC(C)(C)Oc1ccc(C(=O)NCCO)cn1. The minimum absolute atomic E-state index is 0.0790. The highest BCUT2D eigenvalue weighted by atomic mass is 16.5. The Morgan fingerprint density at radius 2 is 2.18 bits per heavy atom. The van der Waals surface area contributed by atoms with Crippen LogP contribution >= 0.6 is 0 Å². The maximum atomic E-state index is 11.5. The second kappa shape index (κ2) is 5.63. The van der Waals surface area contributed by atoms with Gasteiger partial charge in [-0.1, -0.05) is 0 Å². The highest BCUT2D eigenvalue weighted by Crippen LogP contribution is 2.15. The molecule has 0 atom stereocenters. The van der Waals surface area contributed by atoms with Gasteiger partial charge in [0.05, 0.1) is 12.2 Å². The molecule has 0 aliphatic heterocycles. The van der Waals surface area contributed by atoms with E-state index >= 15 is 0 Å². The summed E-state index contributed by atoms with van der Waals surface area (Å²) in [5, 5.41) is 11.1. The fraction of sp³-hybridized carbons (Fsp3) is 0.500. The summed E-state index contributed by atoms with van der Waals surface area (Å²) in [4.78, 5) is 15.5. The Labute approximate surface area is 101 Å². The molecule has 2 N–H and O–H groups in total. The summed E-state index contributed by atoms with van der Waals surface area (Å²) >= 11 is 0. The molecule has 0 aliphatic carbocycles. The normalized spacial score (nSPS) is 11.1. The lowest BCUT2D eigenvalue weighted by molar-refractivity contribution is 0.0944. The molecule has 0 bridgehead atoms. The number of carbonyl (C=O) groups excluding carboxylic acids is 1. The molecule has 0 aromatic carbocycles. The number of pyridine rings is 1. The van der Waals surface area contributed by atoms with Crippen molar-refractivity contribution in [2.45, 2.75) is 26.4 Å². The van der Waals surface area contributed by atoms with Gasteiger partial charge in [-0.2, -0.15) is 0 Å². The van der Waals surface area contributed by atoms with Gasteiger partial charge in [-0.3, -0.25) is 4.79 Å². The quantitative estimate of drug-likeness (QED) is 0.820. The average molecular weight is 238 g/mol. The van der Waals surface area contributed by atoms with Crippen LogP contribution in [0.1, 0.15) is 31.1 Å². The van der Waals surface area contributed by atoms with E-state index in [-0.39, 0.29) is 24.7 Å². The largest absolute Gasteiger partial charge is 0.472 e. The Hall–Kier alpha value is -1.62. The van der Waals surface area contributed by atoms with Gasteiger partial charge in [0.1, 0.15) is 5.60 Å². The molecule has 1 rings (SSSR count). The predicted molar refractivity (Wildman–Crippen MR) is 64.0 cm³/mol. The molecule has 0 fully saturated rings. The number of ether oxygens (including phenoxy) is 1. The average Bonchev–Trinajstić information content (AvgIpc) is 2.24. The third-order valence-electron chi connectivity index (χ3n) is 1.81. The number of aliphatic hydroxyl groups is 1.